The van der Waals surface area contributed by atoms with Gasteiger partial charge in [-0.1, -0.05) is 18.6 Å². The summed E-state index contributed by atoms with van der Waals surface area (Å²) in [5, 5.41) is 9.31. The third-order valence-electron chi connectivity index (χ3n) is 2.54. The van der Waals surface area contributed by atoms with E-state index in [0.29, 0.717) is 5.92 Å². The standard InChI is InChI=1S/C10H18O/c1-3-4-9-5-6-10(7-9)8(2)11/h4,8,10-11H,3,5-7H2,1-2H3/b9-4+. The average Bonchev–Trinajstić information content (AvgIpc) is 2.37. The molecule has 0 spiro atoms. The van der Waals surface area contributed by atoms with Gasteiger partial charge in [-0.25, -0.2) is 0 Å². The highest BCUT2D eigenvalue weighted by atomic mass is 16.3. The molecule has 1 rings (SSSR count). The van der Waals surface area contributed by atoms with E-state index in [2.05, 4.69) is 13.0 Å². The molecule has 0 bridgehead atoms. The van der Waals surface area contributed by atoms with Crippen molar-refractivity contribution in [1.29, 1.82) is 0 Å². The molecular weight excluding hydrogens is 136 g/mol. The van der Waals surface area contributed by atoms with Crippen LogP contribution in [0.3, 0.4) is 0 Å². The first-order valence-corrected chi connectivity index (χ1v) is 4.60. The van der Waals surface area contributed by atoms with E-state index in [0.717, 1.165) is 12.8 Å². The molecule has 1 aliphatic carbocycles. The van der Waals surface area contributed by atoms with Crippen LogP contribution >= 0.6 is 0 Å². The molecule has 0 radical (unpaired) electrons. The number of hydrogen-bond acceptors (Lipinski definition) is 1. The number of rotatable bonds is 2. The summed E-state index contributed by atoms with van der Waals surface area (Å²) in [4.78, 5) is 0. The highest BCUT2D eigenvalue weighted by Crippen LogP contribution is 2.32. The lowest BCUT2D eigenvalue weighted by Gasteiger charge is -2.10. The number of hydrogen-bond donors (Lipinski definition) is 1. The fourth-order valence-corrected chi connectivity index (χ4v) is 1.80. The van der Waals surface area contributed by atoms with Gasteiger partial charge >= 0.3 is 0 Å². The van der Waals surface area contributed by atoms with Crippen molar-refractivity contribution in [3.8, 4) is 0 Å². The lowest BCUT2D eigenvalue weighted by molar-refractivity contribution is 0.130. The number of aliphatic hydroxyl groups excluding tert-OH is 1. The maximum Gasteiger partial charge on any atom is 0.0543 e. The van der Waals surface area contributed by atoms with Crippen molar-refractivity contribution >= 4 is 0 Å². The highest BCUT2D eigenvalue weighted by Gasteiger charge is 2.22. The first kappa shape index (κ1) is 8.79. The van der Waals surface area contributed by atoms with Crippen molar-refractivity contribution < 1.29 is 5.11 Å². The zero-order valence-electron chi connectivity index (χ0n) is 7.51. The van der Waals surface area contributed by atoms with Crippen molar-refractivity contribution in [3.63, 3.8) is 0 Å². The summed E-state index contributed by atoms with van der Waals surface area (Å²) >= 11 is 0. The van der Waals surface area contributed by atoms with Gasteiger partial charge in [-0.3, -0.25) is 0 Å². The minimum absolute atomic E-state index is 0.113. The molecule has 0 amide bonds. The maximum absolute atomic E-state index is 9.31. The van der Waals surface area contributed by atoms with E-state index in [-0.39, 0.29) is 6.10 Å². The van der Waals surface area contributed by atoms with Gasteiger partial charge in [-0.15, -0.1) is 0 Å². The van der Waals surface area contributed by atoms with Gasteiger partial charge in [0.05, 0.1) is 6.10 Å². The van der Waals surface area contributed by atoms with Crippen LogP contribution in [0.25, 0.3) is 0 Å². The second kappa shape index (κ2) is 3.91. The van der Waals surface area contributed by atoms with Crippen LogP contribution in [0, 0.1) is 5.92 Å². The van der Waals surface area contributed by atoms with Gasteiger partial charge in [0.1, 0.15) is 0 Å². The van der Waals surface area contributed by atoms with Gasteiger partial charge < -0.3 is 5.11 Å². The fraction of sp³-hybridized carbons (Fsp3) is 0.800. The highest BCUT2D eigenvalue weighted by molar-refractivity contribution is 5.08. The molecule has 11 heavy (non-hydrogen) atoms. The Labute approximate surface area is 69.1 Å². The summed E-state index contributed by atoms with van der Waals surface area (Å²) in [6, 6.07) is 0. The van der Waals surface area contributed by atoms with Crippen molar-refractivity contribution in [1.82, 2.24) is 0 Å². The summed E-state index contributed by atoms with van der Waals surface area (Å²) < 4.78 is 0. The molecule has 0 aromatic heterocycles. The lowest BCUT2D eigenvalue weighted by atomic mass is 10.0. The van der Waals surface area contributed by atoms with E-state index in [4.69, 9.17) is 0 Å². The minimum Gasteiger partial charge on any atom is -0.393 e. The van der Waals surface area contributed by atoms with E-state index in [1.54, 1.807) is 5.57 Å². The van der Waals surface area contributed by atoms with E-state index in [1.165, 1.54) is 12.8 Å². The summed E-state index contributed by atoms with van der Waals surface area (Å²) in [5.41, 5.74) is 1.55. The van der Waals surface area contributed by atoms with Crippen LogP contribution in [0.1, 0.15) is 39.5 Å². The third-order valence-corrected chi connectivity index (χ3v) is 2.54. The van der Waals surface area contributed by atoms with Gasteiger partial charge in [-0.2, -0.15) is 0 Å². The summed E-state index contributed by atoms with van der Waals surface area (Å²) in [6.45, 7) is 4.07. The molecule has 1 saturated carbocycles. The molecule has 1 fully saturated rings. The van der Waals surface area contributed by atoms with Crippen molar-refractivity contribution in [2.45, 2.75) is 45.6 Å². The van der Waals surface area contributed by atoms with Crippen LogP contribution in [0.4, 0.5) is 0 Å². The Morgan fingerprint density at radius 3 is 2.91 bits per heavy atom. The predicted octanol–water partition coefficient (Wildman–Crippen LogP) is 2.50. The molecule has 2 unspecified atom stereocenters. The van der Waals surface area contributed by atoms with Crippen LogP contribution in [-0.4, -0.2) is 11.2 Å². The Kier molecular flexibility index (Phi) is 3.13. The monoisotopic (exact) mass is 154 g/mol. The summed E-state index contributed by atoms with van der Waals surface area (Å²) in [5.74, 6) is 0.535. The maximum atomic E-state index is 9.31. The second-order valence-corrected chi connectivity index (χ2v) is 3.51. The molecule has 0 aliphatic heterocycles. The first-order valence-electron chi connectivity index (χ1n) is 4.60. The smallest absolute Gasteiger partial charge is 0.0543 e. The second-order valence-electron chi connectivity index (χ2n) is 3.51. The quantitative estimate of drug-likeness (QED) is 0.606. The molecule has 1 N–H and O–H groups in total. The Bertz CT molecular complexity index is 147. The van der Waals surface area contributed by atoms with E-state index >= 15 is 0 Å². The van der Waals surface area contributed by atoms with Crippen LogP contribution in [0.2, 0.25) is 0 Å². The van der Waals surface area contributed by atoms with Gasteiger partial charge in [-0.05, 0) is 38.5 Å². The molecule has 0 aromatic carbocycles. The van der Waals surface area contributed by atoms with Crippen LogP contribution in [0.5, 0.6) is 0 Å². The minimum atomic E-state index is -0.113. The van der Waals surface area contributed by atoms with E-state index in [9.17, 15) is 5.11 Å². The zero-order valence-corrected chi connectivity index (χ0v) is 7.51. The van der Waals surface area contributed by atoms with Gasteiger partial charge in [0.25, 0.3) is 0 Å². The van der Waals surface area contributed by atoms with Crippen molar-refractivity contribution in [3.05, 3.63) is 11.6 Å². The molecule has 2 atom stereocenters. The summed E-state index contributed by atoms with van der Waals surface area (Å²) in [7, 11) is 0. The summed E-state index contributed by atoms with van der Waals surface area (Å²) in [6.07, 6.45) is 6.86. The van der Waals surface area contributed by atoms with Crippen LogP contribution < -0.4 is 0 Å². The number of aliphatic hydroxyl groups is 1. The SMILES string of the molecule is CC/C=C1\CCC(C(C)O)C1. The largest absolute Gasteiger partial charge is 0.393 e. The molecule has 0 aromatic rings. The lowest BCUT2D eigenvalue weighted by Crippen LogP contribution is -2.12. The molecular formula is C10H18O. The van der Waals surface area contributed by atoms with Crippen molar-refractivity contribution in [2.24, 2.45) is 5.92 Å². The Balaban J connectivity index is 2.40. The molecule has 64 valence electrons. The third kappa shape index (κ3) is 2.33. The topological polar surface area (TPSA) is 20.2 Å². The molecule has 0 saturated heterocycles. The van der Waals surface area contributed by atoms with Crippen LogP contribution in [-0.2, 0) is 0 Å². The van der Waals surface area contributed by atoms with E-state index in [1.807, 2.05) is 6.92 Å². The first-order chi connectivity index (χ1) is 5.24. The van der Waals surface area contributed by atoms with Crippen LogP contribution in [0.15, 0.2) is 11.6 Å². The zero-order chi connectivity index (χ0) is 8.27. The van der Waals surface area contributed by atoms with Gasteiger partial charge in [0, 0.05) is 0 Å². The Morgan fingerprint density at radius 2 is 2.45 bits per heavy atom. The predicted molar refractivity (Wildman–Crippen MR) is 47.4 cm³/mol. The van der Waals surface area contributed by atoms with E-state index < -0.39 is 0 Å². The normalized spacial score (nSPS) is 31.2. The fourth-order valence-electron chi connectivity index (χ4n) is 1.80. The molecule has 1 nitrogen and oxygen atoms in total. The average molecular weight is 154 g/mol. The Hall–Kier alpha value is -0.300. The molecule has 1 heteroatoms. The van der Waals surface area contributed by atoms with Gasteiger partial charge in [0.15, 0.2) is 0 Å². The molecule has 1 aliphatic rings. The Morgan fingerprint density at radius 1 is 1.73 bits per heavy atom. The number of allylic oxidation sites excluding steroid dienone is 2. The van der Waals surface area contributed by atoms with Gasteiger partial charge in [0.2, 0.25) is 0 Å². The molecule has 0 heterocycles. The van der Waals surface area contributed by atoms with Crippen molar-refractivity contribution in [2.75, 3.05) is 0 Å².